The number of amides is 2. The van der Waals surface area contributed by atoms with Crippen LogP contribution in [-0.2, 0) is 9.59 Å². The third kappa shape index (κ3) is 3.43. The minimum Gasteiger partial charge on any atom is -0.341 e. The number of hydrazine groups is 1. The summed E-state index contributed by atoms with van der Waals surface area (Å²) in [5, 5.41) is 19.5. The summed E-state index contributed by atoms with van der Waals surface area (Å²) in [5.41, 5.74) is 6.50. The van der Waals surface area contributed by atoms with Crippen molar-refractivity contribution in [2.45, 2.75) is 31.8 Å². The number of nitrogens with two attached hydrogens (primary N) is 1. The fourth-order valence-electron chi connectivity index (χ4n) is 2.60. The largest absolute Gasteiger partial charge is 0.341 e. The molecule has 3 rings (SSSR count). The Bertz CT molecular complexity index is 720. The number of tetrazole rings is 1. The quantitative estimate of drug-likeness (QED) is 0.588. The van der Waals surface area contributed by atoms with Crippen LogP contribution < -0.4 is 16.1 Å². The molecule has 1 aromatic heterocycles. The predicted molar refractivity (Wildman–Crippen MR) is 89.3 cm³/mol. The lowest BCUT2D eigenvalue weighted by molar-refractivity contribution is -0.147. The molecule has 2 amide bonds. The molecule has 2 aromatic rings. The van der Waals surface area contributed by atoms with E-state index >= 15 is 0 Å². The second kappa shape index (κ2) is 7.26. The van der Waals surface area contributed by atoms with Crippen LogP contribution in [0.5, 0.6) is 0 Å². The first-order valence-electron chi connectivity index (χ1n) is 8.07. The second-order valence-corrected chi connectivity index (χ2v) is 5.74. The number of nitrogens with zero attached hydrogens (tertiary/aromatic N) is 5. The summed E-state index contributed by atoms with van der Waals surface area (Å²) in [6.45, 7) is 2.25. The Morgan fingerprint density at radius 2 is 2.24 bits per heavy atom. The number of rotatable bonds is 7. The summed E-state index contributed by atoms with van der Waals surface area (Å²) < 4.78 is 0. The van der Waals surface area contributed by atoms with E-state index in [1.807, 2.05) is 37.3 Å². The van der Waals surface area contributed by atoms with Crippen molar-refractivity contribution in [2.24, 2.45) is 5.73 Å². The van der Waals surface area contributed by atoms with Crippen molar-refractivity contribution in [3.05, 3.63) is 30.3 Å². The Labute approximate surface area is 144 Å². The van der Waals surface area contributed by atoms with E-state index in [9.17, 15) is 9.59 Å². The highest BCUT2D eigenvalue weighted by Gasteiger charge is 2.43. The molecule has 25 heavy (non-hydrogen) atoms. The van der Waals surface area contributed by atoms with E-state index in [0.717, 1.165) is 6.42 Å². The minimum atomic E-state index is -0.603. The number of para-hydroxylation sites is 1. The predicted octanol–water partition coefficient (Wildman–Crippen LogP) is -0.293. The van der Waals surface area contributed by atoms with Crippen molar-refractivity contribution in [1.82, 2.24) is 30.9 Å². The Morgan fingerprint density at radius 1 is 1.48 bits per heavy atom. The van der Waals surface area contributed by atoms with Crippen LogP contribution in [0.25, 0.3) is 0 Å². The standard InChI is InChI=1S/C15H20N8O2/c1-2-6-11(16)13(24)17-12-9-22(14(12)25)23(15-18-20-21-19-15)10-7-4-3-5-8-10/h3-5,7-8,11-12H,2,6,9,16H2,1H3,(H,17,24)(H,18,19,20,21)/t11-,12-/m0/s1. The van der Waals surface area contributed by atoms with Crippen LogP contribution in [0.3, 0.4) is 0 Å². The maximum Gasteiger partial charge on any atom is 0.289 e. The molecule has 1 aliphatic rings. The van der Waals surface area contributed by atoms with Crippen molar-refractivity contribution in [3.8, 4) is 0 Å². The maximum absolute atomic E-state index is 12.5. The molecular weight excluding hydrogens is 324 g/mol. The third-order valence-electron chi connectivity index (χ3n) is 3.93. The normalized spacial score (nSPS) is 17.8. The summed E-state index contributed by atoms with van der Waals surface area (Å²) >= 11 is 0. The van der Waals surface area contributed by atoms with Gasteiger partial charge in [0.25, 0.3) is 11.9 Å². The summed E-state index contributed by atoms with van der Waals surface area (Å²) in [5.74, 6) is -0.330. The molecule has 0 radical (unpaired) electrons. The molecule has 0 unspecified atom stereocenters. The molecule has 4 N–H and O–H groups in total. The van der Waals surface area contributed by atoms with Gasteiger partial charge in [-0.05, 0) is 23.8 Å². The zero-order chi connectivity index (χ0) is 17.8. The number of hydrogen-bond acceptors (Lipinski definition) is 7. The van der Waals surface area contributed by atoms with Crippen molar-refractivity contribution >= 4 is 23.5 Å². The van der Waals surface area contributed by atoms with E-state index in [2.05, 4.69) is 25.9 Å². The van der Waals surface area contributed by atoms with Crippen LogP contribution in [0.2, 0.25) is 0 Å². The molecule has 1 fully saturated rings. The lowest BCUT2D eigenvalue weighted by Gasteiger charge is -2.44. The summed E-state index contributed by atoms with van der Waals surface area (Å²) in [4.78, 5) is 24.5. The first kappa shape index (κ1) is 16.8. The summed E-state index contributed by atoms with van der Waals surface area (Å²) in [6.07, 6.45) is 1.38. The number of aromatic amines is 1. The summed E-state index contributed by atoms with van der Waals surface area (Å²) in [7, 11) is 0. The van der Waals surface area contributed by atoms with E-state index in [0.29, 0.717) is 18.7 Å². The van der Waals surface area contributed by atoms with Crippen LogP contribution in [0.15, 0.2) is 30.3 Å². The van der Waals surface area contributed by atoms with Crippen molar-refractivity contribution in [1.29, 1.82) is 0 Å². The molecule has 1 saturated heterocycles. The average Bonchev–Trinajstić information content (AvgIpc) is 3.15. The molecule has 0 spiro atoms. The monoisotopic (exact) mass is 344 g/mol. The molecule has 10 nitrogen and oxygen atoms in total. The van der Waals surface area contributed by atoms with Gasteiger partial charge in [-0.3, -0.25) is 9.59 Å². The van der Waals surface area contributed by atoms with Crippen LogP contribution >= 0.6 is 0 Å². The molecule has 2 heterocycles. The van der Waals surface area contributed by atoms with Gasteiger partial charge in [0.05, 0.1) is 18.3 Å². The average molecular weight is 344 g/mol. The Kier molecular flexibility index (Phi) is 4.89. The Hall–Kier alpha value is -3.01. The molecule has 10 heteroatoms. The molecule has 0 aliphatic carbocycles. The summed E-state index contributed by atoms with van der Waals surface area (Å²) in [6, 6.07) is 8.00. The van der Waals surface area contributed by atoms with E-state index in [1.54, 1.807) is 5.01 Å². The maximum atomic E-state index is 12.5. The number of benzene rings is 1. The first-order chi connectivity index (χ1) is 12.1. The van der Waals surface area contributed by atoms with Gasteiger partial charge in [0, 0.05) is 0 Å². The van der Waals surface area contributed by atoms with Gasteiger partial charge < -0.3 is 11.1 Å². The van der Waals surface area contributed by atoms with Crippen LogP contribution in [0.4, 0.5) is 11.6 Å². The molecule has 132 valence electrons. The lowest BCUT2D eigenvalue weighted by Crippen LogP contribution is -2.69. The minimum absolute atomic E-state index is 0.243. The number of H-pyrrole nitrogens is 1. The Balaban J connectivity index is 1.71. The van der Waals surface area contributed by atoms with Gasteiger partial charge in [-0.15, -0.1) is 5.10 Å². The van der Waals surface area contributed by atoms with E-state index in [1.165, 1.54) is 5.01 Å². The topological polar surface area (TPSA) is 133 Å². The number of anilines is 2. The smallest absolute Gasteiger partial charge is 0.289 e. The lowest BCUT2D eigenvalue weighted by atomic mass is 10.1. The van der Waals surface area contributed by atoms with Crippen LogP contribution in [-0.4, -0.2) is 56.1 Å². The fourth-order valence-corrected chi connectivity index (χ4v) is 2.60. The number of nitrogens with one attached hydrogen (secondary N) is 2. The molecule has 0 bridgehead atoms. The van der Waals surface area contributed by atoms with E-state index in [-0.39, 0.29) is 17.8 Å². The van der Waals surface area contributed by atoms with Gasteiger partial charge in [-0.2, -0.15) is 5.21 Å². The molecule has 0 saturated carbocycles. The van der Waals surface area contributed by atoms with E-state index < -0.39 is 12.1 Å². The van der Waals surface area contributed by atoms with Crippen molar-refractivity contribution in [3.63, 3.8) is 0 Å². The number of carbonyl (C=O) groups is 2. The number of carbonyl (C=O) groups excluding carboxylic acids is 2. The van der Waals surface area contributed by atoms with Crippen LogP contribution in [0.1, 0.15) is 19.8 Å². The van der Waals surface area contributed by atoms with Gasteiger partial charge in [0.2, 0.25) is 5.91 Å². The van der Waals surface area contributed by atoms with Crippen LogP contribution in [0, 0.1) is 0 Å². The van der Waals surface area contributed by atoms with Gasteiger partial charge in [0.15, 0.2) is 0 Å². The Morgan fingerprint density at radius 3 is 2.84 bits per heavy atom. The number of aromatic nitrogens is 4. The highest BCUT2D eigenvalue weighted by atomic mass is 16.2. The molecular formula is C15H20N8O2. The second-order valence-electron chi connectivity index (χ2n) is 5.74. The van der Waals surface area contributed by atoms with Gasteiger partial charge in [-0.1, -0.05) is 36.6 Å². The van der Waals surface area contributed by atoms with Crippen molar-refractivity contribution < 1.29 is 9.59 Å². The van der Waals surface area contributed by atoms with Crippen molar-refractivity contribution in [2.75, 3.05) is 11.6 Å². The zero-order valence-electron chi connectivity index (χ0n) is 13.8. The highest BCUT2D eigenvalue weighted by molar-refractivity contribution is 5.95. The molecule has 1 aromatic carbocycles. The SMILES string of the molecule is CCC[C@H](N)C(=O)N[C@H]1CN(N(c2ccccc2)c2nn[nH]n2)C1=O. The third-order valence-corrected chi connectivity index (χ3v) is 3.93. The van der Waals surface area contributed by atoms with E-state index in [4.69, 9.17) is 5.73 Å². The highest BCUT2D eigenvalue weighted by Crippen LogP contribution is 2.27. The molecule has 1 aliphatic heterocycles. The number of β-lactam (4-membered cyclic amide) rings is 1. The first-order valence-corrected chi connectivity index (χ1v) is 8.07. The van der Waals surface area contributed by atoms with Gasteiger partial charge in [-0.25, -0.2) is 10.0 Å². The zero-order valence-corrected chi connectivity index (χ0v) is 13.8. The molecule has 2 atom stereocenters. The fraction of sp³-hybridized carbons (Fsp3) is 0.400. The van der Waals surface area contributed by atoms with Gasteiger partial charge in [0.1, 0.15) is 6.04 Å². The number of hydrogen-bond donors (Lipinski definition) is 3. The van der Waals surface area contributed by atoms with Gasteiger partial charge >= 0.3 is 0 Å².